The molecule has 0 saturated heterocycles. The molecule has 6 heteroatoms. The first-order valence-electron chi connectivity index (χ1n) is 9.30. The SMILES string of the molecule is CNC(=O)C(C)N(Cc1cccc(Br)c1)C(=O)COc1ccc(C(C)C)cc1. The van der Waals surface area contributed by atoms with Gasteiger partial charge in [0.1, 0.15) is 11.8 Å². The van der Waals surface area contributed by atoms with Crippen molar-refractivity contribution in [3.05, 3.63) is 64.1 Å². The number of benzene rings is 2. The summed E-state index contributed by atoms with van der Waals surface area (Å²) in [6.45, 7) is 6.16. The fourth-order valence-electron chi connectivity index (χ4n) is 2.80. The summed E-state index contributed by atoms with van der Waals surface area (Å²) in [6, 6.07) is 14.8. The molecule has 0 fully saturated rings. The van der Waals surface area contributed by atoms with E-state index < -0.39 is 6.04 Å². The molecule has 0 heterocycles. The summed E-state index contributed by atoms with van der Waals surface area (Å²) in [5.41, 5.74) is 2.14. The van der Waals surface area contributed by atoms with Gasteiger partial charge in [0.25, 0.3) is 5.91 Å². The van der Waals surface area contributed by atoms with Crippen LogP contribution in [0.5, 0.6) is 5.75 Å². The Morgan fingerprint density at radius 3 is 2.36 bits per heavy atom. The molecule has 1 N–H and O–H groups in total. The fourth-order valence-corrected chi connectivity index (χ4v) is 3.25. The van der Waals surface area contributed by atoms with Crippen LogP contribution in [0.2, 0.25) is 0 Å². The summed E-state index contributed by atoms with van der Waals surface area (Å²) in [4.78, 5) is 26.5. The third kappa shape index (κ3) is 6.09. The van der Waals surface area contributed by atoms with Crippen LogP contribution in [0.25, 0.3) is 0 Å². The Morgan fingerprint density at radius 1 is 1.11 bits per heavy atom. The number of amides is 2. The Hall–Kier alpha value is -2.34. The van der Waals surface area contributed by atoms with Crippen molar-refractivity contribution in [2.45, 2.75) is 39.3 Å². The summed E-state index contributed by atoms with van der Waals surface area (Å²) >= 11 is 3.44. The molecular formula is C22H27BrN2O3. The predicted octanol–water partition coefficient (Wildman–Crippen LogP) is 4.11. The molecule has 0 aliphatic carbocycles. The van der Waals surface area contributed by atoms with Crippen LogP contribution in [0, 0.1) is 0 Å². The molecule has 2 amide bonds. The van der Waals surface area contributed by atoms with Crippen molar-refractivity contribution in [3.63, 3.8) is 0 Å². The minimum absolute atomic E-state index is 0.129. The Labute approximate surface area is 175 Å². The lowest BCUT2D eigenvalue weighted by atomic mass is 10.0. The van der Waals surface area contributed by atoms with Crippen LogP contribution in [-0.4, -0.2) is 36.4 Å². The van der Waals surface area contributed by atoms with Gasteiger partial charge < -0.3 is 15.0 Å². The van der Waals surface area contributed by atoms with Gasteiger partial charge in [0.15, 0.2) is 6.61 Å². The zero-order valence-corrected chi connectivity index (χ0v) is 18.3. The number of hydrogen-bond acceptors (Lipinski definition) is 3. The molecule has 2 aromatic carbocycles. The number of carbonyl (C=O) groups excluding carboxylic acids is 2. The monoisotopic (exact) mass is 446 g/mol. The molecule has 28 heavy (non-hydrogen) atoms. The molecule has 0 spiro atoms. The molecule has 150 valence electrons. The summed E-state index contributed by atoms with van der Waals surface area (Å²) in [5.74, 6) is 0.603. The van der Waals surface area contributed by atoms with Gasteiger partial charge >= 0.3 is 0 Å². The van der Waals surface area contributed by atoms with E-state index in [9.17, 15) is 9.59 Å². The van der Waals surface area contributed by atoms with Gasteiger partial charge in [0, 0.05) is 18.1 Å². The second kappa shape index (κ2) is 10.3. The third-order valence-electron chi connectivity index (χ3n) is 4.56. The average molecular weight is 447 g/mol. The van der Waals surface area contributed by atoms with Gasteiger partial charge in [0.05, 0.1) is 0 Å². The molecule has 1 atom stereocenters. The van der Waals surface area contributed by atoms with Crippen LogP contribution in [0.4, 0.5) is 0 Å². The highest BCUT2D eigenvalue weighted by Crippen LogP contribution is 2.19. The summed E-state index contributed by atoms with van der Waals surface area (Å²) in [7, 11) is 1.56. The average Bonchev–Trinajstić information content (AvgIpc) is 2.69. The topological polar surface area (TPSA) is 58.6 Å². The molecule has 0 saturated carbocycles. The molecule has 0 radical (unpaired) electrons. The van der Waals surface area contributed by atoms with E-state index in [0.29, 0.717) is 18.2 Å². The van der Waals surface area contributed by atoms with Crippen molar-refractivity contribution in [1.82, 2.24) is 10.2 Å². The van der Waals surface area contributed by atoms with Crippen LogP contribution < -0.4 is 10.1 Å². The lowest BCUT2D eigenvalue weighted by Gasteiger charge is -2.28. The number of carbonyl (C=O) groups is 2. The number of nitrogens with one attached hydrogen (secondary N) is 1. The number of rotatable bonds is 8. The third-order valence-corrected chi connectivity index (χ3v) is 5.06. The van der Waals surface area contributed by atoms with Crippen LogP contribution in [-0.2, 0) is 16.1 Å². The van der Waals surface area contributed by atoms with E-state index in [4.69, 9.17) is 4.74 Å². The van der Waals surface area contributed by atoms with Crippen molar-refractivity contribution >= 4 is 27.7 Å². The number of nitrogens with zero attached hydrogens (tertiary/aromatic N) is 1. The number of likely N-dealkylation sites (N-methyl/N-ethyl adjacent to an activating group) is 1. The van der Waals surface area contributed by atoms with Crippen molar-refractivity contribution in [2.75, 3.05) is 13.7 Å². The molecule has 0 aromatic heterocycles. The maximum atomic E-state index is 12.9. The second-order valence-corrected chi connectivity index (χ2v) is 7.87. The number of ether oxygens (including phenoxy) is 1. The predicted molar refractivity (Wildman–Crippen MR) is 114 cm³/mol. The number of halogens is 1. The summed E-state index contributed by atoms with van der Waals surface area (Å²) < 4.78 is 6.60. The van der Waals surface area contributed by atoms with Gasteiger partial charge in [-0.3, -0.25) is 9.59 Å². The minimum atomic E-state index is -0.608. The van der Waals surface area contributed by atoms with Crippen molar-refractivity contribution in [1.29, 1.82) is 0 Å². The van der Waals surface area contributed by atoms with E-state index in [2.05, 4.69) is 35.1 Å². The van der Waals surface area contributed by atoms with E-state index >= 15 is 0 Å². The Balaban J connectivity index is 2.10. The largest absolute Gasteiger partial charge is 0.484 e. The van der Waals surface area contributed by atoms with Crippen molar-refractivity contribution in [3.8, 4) is 5.75 Å². The molecule has 0 aliphatic heterocycles. The molecule has 5 nitrogen and oxygen atoms in total. The highest BCUT2D eigenvalue weighted by atomic mass is 79.9. The highest BCUT2D eigenvalue weighted by Gasteiger charge is 2.25. The van der Waals surface area contributed by atoms with Crippen LogP contribution >= 0.6 is 15.9 Å². The quantitative estimate of drug-likeness (QED) is 0.663. The first kappa shape index (κ1) is 22.0. The second-order valence-electron chi connectivity index (χ2n) is 6.95. The first-order valence-corrected chi connectivity index (χ1v) is 10.1. The van der Waals surface area contributed by atoms with Gasteiger partial charge in [-0.25, -0.2) is 0 Å². The lowest BCUT2D eigenvalue weighted by Crippen LogP contribution is -2.48. The zero-order valence-electron chi connectivity index (χ0n) is 16.7. The molecule has 0 bridgehead atoms. The highest BCUT2D eigenvalue weighted by molar-refractivity contribution is 9.10. The maximum absolute atomic E-state index is 12.9. The molecule has 1 unspecified atom stereocenters. The van der Waals surface area contributed by atoms with Crippen LogP contribution in [0.3, 0.4) is 0 Å². The fraction of sp³-hybridized carbons (Fsp3) is 0.364. The lowest BCUT2D eigenvalue weighted by molar-refractivity contribution is -0.142. The van der Waals surface area contributed by atoms with Crippen LogP contribution in [0.15, 0.2) is 53.0 Å². The van der Waals surface area contributed by atoms with E-state index in [0.717, 1.165) is 10.0 Å². The van der Waals surface area contributed by atoms with E-state index in [1.54, 1.807) is 14.0 Å². The number of hydrogen-bond donors (Lipinski definition) is 1. The van der Waals surface area contributed by atoms with Gasteiger partial charge in [0.2, 0.25) is 5.91 Å². The minimum Gasteiger partial charge on any atom is -0.484 e. The maximum Gasteiger partial charge on any atom is 0.261 e. The van der Waals surface area contributed by atoms with E-state index in [1.807, 2.05) is 48.5 Å². The van der Waals surface area contributed by atoms with Gasteiger partial charge in [-0.1, -0.05) is 54.0 Å². The molecule has 2 rings (SSSR count). The molecular weight excluding hydrogens is 420 g/mol. The Bertz CT molecular complexity index is 806. The summed E-state index contributed by atoms with van der Waals surface area (Å²) in [5, 5.41) is 2.60. The van der Waals surface area contributed by atoms with Gasteiger partial charge in [-0.05, 0) is 48.2 Å². The van der Waals surface area contributed by atoms with Gasteiger partial charge in [-0.15, -0.1) is 0 Å². The van der Waals surface area contributed by atoms with E-state index in [1.165, 1.54) is 10.5 Å². The van der Waals surface area contributed by atoms with Gasteiger partial charge in [-0.2, -0.15) is 0 Å². The Morgan fingerprint density at radius 2 is 1.79 bits per heavy atom. The standard InChI is InChI=1S/C22H27BrN2O3/c1-15(2)18-8-10-20(11-9-18)28-14-21(26)25(16(3)22(27)24-4)13-17-6-5-7-19(23)12-17/h5-12,15-16H,13-14H2,1-4H3,(H,24,27). The smallest absolute Gasteiger partial charge is 0.261 e. The van der Waals surface area contributed by atoms with Crippen molar-refractivity contribution < 1.29 is 14.3 Å². The molecule has 0 aliphatic rings. The van der Waals surface area contributed by atoms with E-state index in [-0.39, 0.29) is 18.4 Å². The van der Waals surface area contributed by atoms with Crippen molar-refractivity contribution in [2.24, 2.45) is 0 Å². The molecule has 2 aromatic rings. The zero-order chi connectivity index (χ0) is 20.7. The first-order chi connectivity index (χ1) is 13.3. The summed E-state index contributed by atoms with van der Waals surface area (Å²) in [6.07, 6.45) is 0. The van der Waals surface area contributed by atoms with Crippen LogP contribution in [0.1, 0.15) is 37.8 Å². The normalized spacial score (nSPS) is 11.8. The Kier molecular flexibility index (Phi) is 8.05.